The van der Waals surface area contributed by atoms with E-state index in [1.165, 1.54) is 6.33 Å². The van der Waals surface area contributed by atoms with Crippen LogP contribution in [0, 0.1) is 5.92 Å². The minimum atomic E-state index is -0.322. The summed E-state index contributed by atoms with van der Waals surface area (Å²) in [4.78, 5) is 31.5. The molecule has 4 rings (SSSR count). The molecule has 1 aromatic heterocycles. The van der Waals surface area contributed by atoms with E-state index >= 15 is 0 Å². The highest BCUT2D eigenvalue weighted by molar-refractivity contribution is 6.31. The summed E-state index contributed by atoms with van der Waals surface area (Å²) in [5.74, 6) is -0.583. The number of benzene rings is 2. The molecule has 0 saturated carbocycles. The lowest BCUT2D eigenvalue weighted by molar-refractivity contribution is -0.121. The van der Waals surface area contributed by atoms with Crippen molar-refractivity contribution in [3.8, 4) is 5.69 Å². The van der Waals surface area contributed by atoms with Crippen molar-refractivity contribution in [1.82, 2.24) is 19.7 Å². The fraction of sp³-hybridized carbons (Fsp3) is 0.238. The Bertz CT molecular complexity index is 1050. The average molecular weight is 444 g/mol. The van der Waals surface area contributed by atoms with Crippen molar-refractivity contribution in [3.05, 3.63) is 70.7 Å². The van der Waals surface area contributed by atoms with Gasteiger partial charge in [0.15, 0.2) is 0 Å². The molecular weight excluding hydrogens is 425 g/mol. The summed E-state index contributed by atoms with van der Waals surface area (Å²) in [7, 11) is 0. The molecule has 7 nitrogen and oxygen atoms in total. The molecule has 1 aliphatic rings. The van der Waals surface area contributed by atoms with Crippen molar-refractivity contribution in [2.24, 2.45) is 5.92 Å². The highest BCUT2D eigenvalue weighted by Gasteiger charge is 2.29. The largest absolute Gasteiger partial charge is 0.338 e. The van der Waals surface area contributed by atoms with E-state index in [2.05, 4.69) is 15.4 Å². The second kappa shape index (κ2) is 8.85. The molecule has 0 bridgehead atoms. The van der Waals surface area contributed by atoms with E-state index < -0.39 is 0 Å². The van der Waals surface area contributed by atoms with Gasteiger partial charge in [-0.3, -0.25) is 9.59 Å². The molecule has 30 heavy (non-hydrogen) atoms. The number of amides is 2. The molecule has 9 heteroatoms. The highest BCUT2D eigenvalue weighted by atomic mass is 35.5. The van der Waals surface area contributed by atoms with Gasteiger partial charge in [-0.2, -0.15) is 5.10 Å². The lowest BCUT2D eigenvalue weighted by atomic mass is 9.96. The number of hydrogen-bond donors (Lipinski definition) is 1. The van der Waals surface area contributed by atoms with Crippen LogP contribution in [0.2, 0.25) is 10.0 Å². The first kappa shape index (κ1) is 20.4. The van der Waals surface area contributed by atoms with Gasteiger partial charge in [0, 0.05) is 28.7 Å². The summed E-state index contributed by atoms with van der Waals surface area (Å²) < 4.78 is 1.56. The summed E-state index contributed by atoms with van der Waals surface area (Å²) in [5, 5.41) is 8.14. The molecule has 0 aliphatic carbocycles. The Morgan fingerprint density at radius 2 is 1.83 bits per heavy atom. The second-order valence-electron chi connectivity index (χ2n) is 7.09. The molecule has 1 unspecified atom stereocenters. The summed E-state index contributed by atoms with van der Waals surface area (Å²) >= 11 is 12.0. The van der Waals surface area contributed by atoms with Crippen LogP contribution in [0.5, 0.6) is 0 Å². The van der Waals surface area contributed by atoms with Crippen LogP contribution in [-0.2, 0) is 4.79 Å². The van der Waals surface area contributed by atoms with Crippen LogP contribution < -0.4 is 5.32 Å². The van der Waals surface area contributed by atoms with Gasteiger partial charge in [0.05, 0.1) is 17.3 Å². The van der Waals surface area contributed by atoms with E-state index in [4.69, 9.17) is 23.2 Å². The van der Waals surface area contributed by atoms with E-state index in [0.29, 0.717) is 46.5 Å². The number of carbonyl (C=O) groups is 2. The molecule has 3 aromatic rings. The van der Waals surface area contributed by atoms with Gasteiger partial charge in [-0.25, -0.2) is 9.67 Å². The Kier molecular flexibility index (Phi) is 6.01. The third kappa shape index (κ3) is 4.47. The second-order valence-corrected chi connectivity index (χ2v) is 7.96. The minimum absolute atomic E-state index is 0.102. The van der Waals surface area contributed by atoms with Crippen LogP contribution in [0.15, 0.2) is 55.1 Å². The lowest BCUT2D eigenvalue weighted by Gasteiger charge is -2.32. The molecule has 1 N–H and O–H groups in total. The van der Waals surface area contributed by atoms with Crippen LogP contribution in [0.3, 0.4) is 0 Å². The van der Waals surface area contributed by atoms with E-state index in [-0.39, 0.29) is 17.7 Å². The van der Waals surface area contributed by atoms with Gasteiger partial charge in [-0.15, -0.1) is 0 Å². The maximum absolute atomic E-state index is 13.0. The Hall–Kier alpha value is -2.90. The summed E-state index contributed by atoms with van der Waals surface area (Å²) in [6.45, 7) is 0.971. The maximum atomic E-state index is 13.0. The zero-order chi connectivity index (χ0) is 21.1. The Morgan fingerprint density at radius 1 is 1.07 bits per heavy atom. The first-order valence-electron chi connectivity index (χ1n) is 9.51. The summed E-state index contributed by atoms with van der Waals surface area (Å²) in [6.07, 6.45) is 4.42. The van der Waals surface area contributed by atoms with Gasteiger partial charge in [-0.05, 0) is 55.3 Å². The van der Waals surface area contributed by atoms with Crippen molar-refractivity contribution in [2.75, 3.05) is 18.4 Å². The smallest absolute Gasteiger partial charge is 0.253 e. The molecule has 1 aliphatic heterocycles. The van der Waals surface area contributed by atoms with E-state index in [0.717, 1.165) is 6.42 Å². The topological polar surface area (TPSA) is 80.1 Å². The monoisotopic (exact) mass is 443 g/mol. The number of anilines is 1. The SMILES string of the molecule is O=C(Nc1cc(Cl)ccc1-n1cncn1)C1CCCN(C(=O)c2ccc(Cl)cc2)C1. The van der Waals surface area contributed by atoms with Crippen LogP contribution >= 0.6 is 23.2 Å². The molecule has 1 fully saturated rings. The maximum Gasteiger partial charge on any atom is 0.253 e. The molecule has 0 radical (unpaired) electrons. The number of piperidine rings is 1. The molecule has 1 atom stereocenters. The van der Waals surface area contributed by atoms with Gasteiger partial charge in [0.25, 0.3) is 5.91 Å². The number of aromatic nitrogens is 3. The molecule has 2 aromatic carbocycles. The number of halogens is 2. The first-order valence-corrected chi connectivity index (χ1v) is 10.3. The number of nitrogens with zero attached hydrogens (tertiary/aromatic N) is 4. The highest BCUT2D eigenvalue weighted by Crippen LogP contribution is 2.26. The predicted octanol–water partition coefficient (Wildman–Crippen LogP) is 4.07. The van der Waals surface area contributed by atoms with E-state index in [1.807, 2.05) is 0 Å². The number of rotatable bonds is 4. The van der Waals surface area contributed by atoms with Gasteiger partial charge >= 0.3 is 0 Å². The molecule has 154 valence electrons. The van der Waals surface area contributed by atoms with Crippen LogP contribution in [0.1, 0.15) is 23.2 Å². The van der Waals surface area contributed by atoms with Crippen LogP contribution in [0.25, 0.3) is 5.69 Å². The van der Waals surface area contributed by atoms with Crippen molar-refractivity contribution < 1.29 is 9.59 Å². The first-order chi connectivity index (χ1) is 14.5. The fourth-order valence-corrected chi connectivity index (χ4v) is 3.82. The number of hydrogen-bond acceptors (Lipinski definition) is 4. The van der Waals surface area contributed by atoms with Gasteiger partial charge in [0.2, 0.25) is 5.91 Å². The molecule has 0 spiro atoms. The zero-order valence-corrected chi connectivity index (χ0v) is 17.5. The molecule has 2 heterocycles. The quantitative estimate of drug-likeness (QED) is 0.658. The Labute approximate surface area is 183 Å². The molecule has 2 amide bonds. The third-order valence-corrected chi connectivity index (χ3v) is 5.54. The van der Waals surface area contributed by atoms with Crippen molar-refractivity contribution >= 4 is 40.7 Å². The van der Waals surface area contributed by atoms with E-state index in [1.54, 1.807) is 58.4 Å². The summed E-state index contributed by atoms with van der Waals surface area (Å²) in [5.41, 5.74) is 1.76. The normalized spacial score (nSPS) is 16.3. The standard InChI is InChI=1S/C21H19Cl2N5O2/c22-16-5-3-14(4-6-16)21(30)27-9-1-2-15(11-27)20(29)26-18-10-17(23)7-8-19(18)28-13-24-12-25-28/h3-8,10,12-13,15H,1-2,9,11H2,(H,26,29). The third-order valence-electron chi connectivity index (χ3n) is 5.05. The average Bonchev–Trinajstić information content (AvgIpc) is 3.28. The fourth-order valence-electron chi connectivity index (χ4n) is 3.53. The number of likely N-dealkylation sites (tertiary alicyclic amines) is 1. The van der Waals surface area contributed by atoms with Crippen LogP contribution in [0.4, 0.5) is 5.69 Å². The van der Waals surface area contributed by atoms with Crippen molar-refractivity contribution in [3.63, 3.8) is 0 Å². The summed E-state index contributed by atoms with van der Waals surface area (Å²) in [6, 6.07) is 11.9. The molecule has 1 saturated heterocycles. The molecular formula is C21H19Cl2N5O2. The Morgan fingerprint density at radius 3 is 2.57 bits per heavy atom. The lowest BCUT2D eigenvalue weighted by Crippen LogP contribution is -2.43. The van der Waals surface area contributed by atoms with Crippen LogP contribution in [-0.4, -0.2) is 44.6 Å². The predicted molar refractivity (Wildman–Crippen MR) is 115 cm³/mol. The van der Waals surface area contributed by atoms with Gasteiger partial charge in [-0.1, -0.05) is 23.2 Å². The van der Waals surface area contributed by atoms with Gasteiger partial charge in [0.1, 0.15) is 12.7 Å². The van der Waals surface area contributed by atoms with Crippen molar-refractivity contribution in [1.29, 1.82) is 0 Å². The minimum Gasteiger partial charge on any atom is -0.338 e. The Balaban J connectivity index is 1.48. The van der Waals surface area contributed by atoms with Gasteiger partial charge < -0.3 is 10.2 Å². The number of carbonyl (C=O) groups excluding carboxylic acids is 2. The van der Waals surface area contributed by atoms with Crippen molar-refractivity contribution in [2.45, 2.75) is 12.8 Å². The number of nitrogens with one attached hydrogen (secondary N) is 1. The zero-order valence-electron chi connectivity index (χ0n) is 16.0. The van der Waals surface area contributed by atoms with E-state index in [9.17, 15) is 9.59 Å².